The van der Waals surface area contributed by atoms with Crippen LogP contribution in [0, 0.1) is 4.77 Å². The zero-order valence-electron chi connectivity index (χ0n) is 19.9. The molecule has 1 saturated heterocycles. The molecule has 0 atom stereocenters. The molecule has 1 fully saturated rings. The Hall–Kier alpha value is -3.66. The number of aromatic amines is 1. The Bertz CT molecular complexity index is 1210. The largest absolute Gasteiger partial charge is 0.497 e. The van der Waals surface area contributed by atoms with Gasteiger partial charge in [0.25, 0.3) is 5.91 Å². The average Bonchev–Trinajstić information content (AvgIpc) is 3.27. The Morgan fingerprint density at radius 1 is 0.971 bits per heavy atom. The Balaban J connectivity index is 1.32. The molecular weight excluding hydrogens is 466 g/mol. The van der Waals surface area contributed by atoms with E-state index in [0.717, 1.165) is 11.3 Å². The number of carbonyl (C=O) groups is 2. The van der Waals surface area contributed by atoms with Crippen molar-refractivity contribution in [3.05, 3.63) is 58.9 Å². The first-order chi connectivity index (χ1) is 17.0. The van der Waals surface area contributed by atoms with Crippen LogP contribution < -0.4 is 9.47 Å². The fourth-order valence-corrected chi connectivity index (χ4v) is 4.28. The molecule has 0 radical (unpaired) electrons. The second-order valence-electron chi connectivity index (χ2n) is 8.11. The van der Waals surface area contributed by atoms with E-state index in [1.165, 1.54) is 0 Å². The number of ether oxygens (including phenoxy) is 2. The summed E-state index contributed by atoms with van der Waals surface area (Å²) < 4.78 is 13.0. The highest BCUT2D eigenvalue weighted by molar-refractivity contribution is 7.71. The normalized spacial score (nSPS) is 13.5. The third kappa shape index (κ3) is 5.71. The van der Waals surface area contributed by atoms with Crippen LogP contribution in [0.25, 0.3) is 11.4 Å². The van der Waals surface area contributed by atoms with Crippen molar-refractivity contribution in [1.82, 2.24) is 24.6 Å². The lowest BCUT2D eigenvalue weighted by Crippen LogP contribution is -2.50. The monoisotopic (exact) mass is 495 g/mol. The molecule has 9 nitrogen and oxygen atoms in total. The quantitative estimate of drug-likeness (QED) is 0.482. The van der Waals surface area contributed by atoms with Gasteiger partial charge in [-0.15, -0.1) is 0 Å². The molecule has 1 N–H and O–H groups in total. The number of methoxy groups -OCH3 is 1. The van der Waals surface area contributed by atoms with Gasteiger partial charge in [-0.1, -0.05) is 0 Å². The summed E-state index contributed by atoms with van der Waals surface area (Å²) in [5.41, 5.74) is 1.50. The molecule has 35 heavy (non-hydrogen) atoms. The lowest BCUT2D eigenvalue weighted by molar-refractivity contribution is -0.132. The summed E-state index contributed by atoms with van der Waals surface area (Å²) in [6.07, 6.45) is 0.296. The number of benzene rings is 2. The van der Waals surface area contributed by atoms with E-state index in [0.29, 0.717) is 67.7 Å². The summed E-state index contributed by atoms with van der Waals surface area (Å²) in [6, 6.07) is 14.7. The van der Waals surface area contributed by atoms with Crippen LogP contribution in [0.2, 0.25) is 0 Å². The van der Waals surface area contributed by atoms with Crippen molar-refractivity contribution in [2.45, 2.75) is 19.9 Å². The number of nitrogens with zero attached hydrogens (tertiary/aromatic N) is 4. The zero-order chi connectivity index (χ0) is 24.8. The lowest BCUT2D eigenvalue weighted by atomic mass is 10.1. The molecular formula is C25H29N5O4S. The minimum atomic E-state index is -0.0375. The SMILES string of the molecule is CCOc1ccc(-c2n[nH]c(=S)n2CCC(=O)N2CCN(C(=O)c3ccc(OC)cc3)CC2)cc1. The number of aromatic nitrogens is 3. The lowest BCUT2D eigenvalue weighted by Gasteiger charge is -2.35. The third-order valence-electron chi connectivity index (χ3n) is 5.99. The third-order valence-corrected chi connectivity index (χ3v) is 6.30. The van der Waals surface area contributed by atoms with Crippen molar-refractivity contribution in [1.29, 1.82) is 0 Å². The van der Waals surface area contributed by atoms with Crippen LogP contribution in [-0.4, -0.2) is 76.3 Å². The molecule has 0 bridgehead atoms. The van der Waals surface area contributed by atoms with E-state index in [1.54, 1.807) is 41.2 Å². The van der Waals surface area contributed by atoms with Gasteiger partial charge in [0.15, 0.2) is 10.6 Å². The molecule has 1 aliphatic rings. The van der Waals surface area contributed by atoms with Crippen LogP contribution in [0.5, 0.6) is 11.5 Å². The maximum Gasteiger partial charge on any atom is 0.253 e. The van der Waals surface area contributed by atoms with Gasteiger partial charge in [0.1, 0.15) is 11.5 Å². The predicted octanol–water partition coefficient (Wildman–Crippen LogP) is 3.39. The van der Waals surface area contributed by atoms with E-state index >= 15 is 0 Å². The molecule has 2 amide bonds. The molecule has 2 aromatic carbocycles. The number of piperazine rings is 1. The first kappa shape index (κ1) is 24.5. The van der Waals surface area contributed by atoms with E-state index in [4.69, 9.17) is 21.7 Å². The summed E-state index contributed by atoms with van der Waals surface area (Å²) in [6.45, 7) is 4.96. The molecule has 1 aliphatic heterocycles. The predicted molar refractivity (Wildman–Crippen MR) is 134 cm³/mol. The summed E-state index contributed by atoms with van der Waals surface area (Å²) in [4.78, 5) is 29.3. The van der Waals surface area contributed by atoms with Gasteiger partial charge in [0.05, 0.1) is 13.7 Å². The molecule has 0 unspecified atom stereocenters. The van der Waals surface area contributed by atoms with E-state index in [-0.39, 0.29) is 11.8 Å². The van der Waals surface area contributed by atoms with E-state index < -0.39 is 0 Å². The van der Waals surface area contributed by atoms with Crippen LogP contribution in [-0.2, 0) is 11.3 Å². The highest BCUT2D eigenvalue weighted by atomic mass is 32.1. The van der Waals surface area contributed by atoms with Crippen molar-refractivity contribution in [3.63, 3.8) is 0 Å². The topological polar surface area (TPSA) is 92.7 Å². The van der Waals surface area contributed by atoms with Crippen LogP contribution in [0.4, 0.5) is 0 Å². The Morgan fingerprint density at radius 2 is 1.60 bits per heavy atom. The van der Waals surface area contributed by atoms with Gasteiger partial charge in [-0.05, 0) is 67.7 Å². The highest BCUT2D eigenvalue weighted by Crippen LogP contribution is 2.22. The van der Waals surface area contributed by atoms with Crippen LogP contribution in [0.1, 0.15) is 23.7 Å². The van der Waals surface area contributed by atoms with E-state index in [9.17, 15) is 9.59 Å². The maximum atomic E-state index is 12.9. The van der Waals surface area contributed by atoms with Crippen molar-refractivity contribution >= 4 is 24.0 Å². The smallest absolute Gasteiger partial charge is 0.253 e. The first-order valence-electron chi connectivity index (χ1n) is 11.6. The second-order valence-corrected chi connectivity index (χ2v) is 8.50. The minimum absolute atomic E-state index is 0.0299. The van der Waals surface area contributed by atoms with Crippen LogP contribution in [0.15, 0.2) is 48.5 Å². The number of H-pyrrole nitrogens is 1. The summed E-state index contributed by atoms with van der Waals surface area (Å²) in [7, 11) is 1.59. The highest BCUT2D eigenvalue weighted by Gasteiger charge is 2.25. The van der Waals surface area contributed by atoms with Crippen LogP contribution in [0.3, 0.4) is 0 Å². The van der Waals surface area contributed by atoms with Crippen molar-refractivity contribution < 1.29 is 19.1 Å². The molecule has 0 spiro atoms. The standard InChI is InChI=1S/C25H29N5O4S/c1-3-34-21-10-4-18(5-11-21)23-26-27-25(35)30(23)13-12-22(31)28-14-16-29(17-15-28)24(32)19-6-8-20(33-2)9-7-19/h4-11H,3,12-17H2,1-2H3,(H,27,35). The Kier molecular flexibility index (Phi) is 7.81. The van der Waals surface area contributed by atoms with E-state index in [2.05, 4.69) is 10.2 Å². The fourth-order valence-electron chi connectivity index (χ4n) is 4.05. The Labute approximate surface area is 209 Å². The average molecular weight is 496 g/mol. The van der Waals surface area contributed by atoms with Crippen molar-refractivity contribution in [2.75, 3.05) is 39.9 Å². The number of nitrogens with one attached hydrogen (secondary N) is 1. The van der Waals surface area contributed by atoms with Gasteiger partial charge in [0.2, 0.25) is 5.91 Å². The van der Waals surface area contributed by atoms with E-state index in [1.807, 2.05) is 35.8 Å². The molecule has 3 aromatic rings. The van der Waals surface area contributed by atoms with Crippen LogP contribution >= 0.6 is 12.2 Å². The number of hydrogen-bond acceptors (Lipinski definition) is 6. The number of hydrogen-bond donors (Lipinski definition) is 1. The molecule has 4 rings (SSSR count). The van der Waals surface area contributed by atoms with Crippen molar-refractivity contribution in [2.24, 2.45) is 0 Å². The Morgan fingerprint density at radius 3 is 2.23 bits per heavy atom. The van der Waals surface area contributed by atoms with Gasteiger partial charge in [-0.2, -0.15) is 5.10 Å². The number of carbonyl (C=O) groups excluding carboxylic acids is 2. The van der Waals surface area contributed by atoms with Gasteiger partial charge in [-0.3, -0.25) is 19.3 Å². The van der Waals surface area contributed by atoms with Crippen molar-refractivity contribution in [3.8, 4) is 22.9 Å². The number of rotatable bonds is 8. The zero-order valence-corrected chi connectivity index (χ0v) is 20.7. The van der Waals surface area contributed by atoms with Gasteiger partial charge >= 0.3 is 0 Å². The fraction of sp³-hybridized carbons (Fsp3) is 0.360. The minimum Gasteiger partial charge on any atom is -0.497 e. The number of amides is 2. The summed E-state index contributed by atoms with van der Waals surface area (Å²) >= 11 is 5.40. The molecule has 2 heterocycles. The van der Waals surface area contributed by atoms with Gasteiger partial charge < -0.3 is 19.3 Å². The maximum absolute atomic E-state index is 12.9. The van der Waals surface area contributed by atoms with Gasteiger partial charge in [0, 0.05) is 50.3 Å². The molecule has 10 heteroatoms. The molecule has 0 saturated carbocycles. The molecule has 1 aromatic heterocycles. The summed E-state index contributed by atoms with van der Waals surface area (Å²) in [5, 5.41) is 7.18. The second kappa shape index (κ2) is 11.2. The molecule has 184 valence electrons. The summed E-state index contributed by atoms with van der Waals surface area (Å²) in [5.74, 6) is 2.17. The first-order valence-corrected chi connectivity index (χ1v) is 12.0. The van der Waals surface area contributed by atoms with Gasteiger partial charge in [-0.25, -0.2) is 0 Å². The molecule has 0 aliphatic carbocycles.